The number of hydrogen-bond acceptors (Lipinski definition) is 4. The Balaban J connectivity index is 1.42. The molecule has 5 nitrogen and oxygen atoms in total. The number of piperidine rings is 1. The molecule has 0 bridgehead atoms. The smallest absolute Gasteiger partial charge is 0.263 e. The highest BCUT2D eigenvalue weighted by molar-refractivity contribution is 5.93. The van der Waals surface area contributed by atoms with Gasteiger partial charge in [0.05, 0.1) is 6.20 Å². The van der Waals surface area contributed by atoms with E-state index in [0.717, 1.165) is 25.9 Å². The molecule has 3 aromatic rings. The fourth-order valence-corrected chi connectivity index (χ4v) is 3.61. The monoisotopic (exact) mass is 323 g/mol. The van der Waals surface area contributed by atoms with Crippen molar-refractivity contribution >= 4 is 16.7 Å². The minimum atomic E-state index is 0.0271. The van der Waals surface area contributed by atoms with Crippen LogP contribution >= 0.6 is 0 Å². The van der Waals surface area contributed by atoms with Gasteiger partial charge in [0.1, 0.15) is 6.26 Å². The first-order valence-corrected chi connectivity index (χ1v) is 8.47. The van der Waals surface area contributed by atoms with Gasteiger partial charge < -0.3 is 9.40 Å². The molecule has 3 heterocycles. The summed E-state index contributed by atoms with van der Waals surface area (Å²) >= 11 is 0. The highest BCUT2D eigenvalue weighted by atomic mass is 16.3. The number of nitrogens with zero attached hydrogens (tertiary/aromatic N) is 2. The van der Waals surface area contributed by atoms with Crippen molar-refractivity contribution < 1.29 is 9.21 Å². The lowest BCUT2D eigenvalue weighted by molar-refractivity contribution is 0.0767. The highest BCUT2D eigenvalue weighted by Gasteiger charge is 2.30. The summed E-state index contributed by atoms with van der Waals surface area (Å²) in [6, 6.07) is 9.03. The van der Waals surface area contributed by atoms with Gasteiger partial charge in [0, 0.05) is 23.7 Å². The summed E-state index contributed by atoms with van der Waals surface area (Å²) in [5, 5.41) is 1.24. The number of benzene rings is 1. The summed E-state index contributed by atoms with van der Waals surface area (Å²) in [7, 11) is 0. The van der Waals surface area contributed by atoms with Crippen molar-refractivity contribution in [2.24, 2.45) is 5.92 Å². The molecule has 1 N–H and O–H groups in total. The van der Waals surface area contributed by atoms with Gasteiger partial charge in [-0.2, -0.15) is 0 Å². The number of hydrogen-bond donors (Lipinski definition) is 1. The van der Waals surface area contributed by atoms with E-state index < -0.39 is 0 Å². The number of likely N-dealkylation sites (tertiary alicyclic amines) is 1. The summed E-state index contributed by atoms with van der Waals surface area (Å²) in [6.45, 7) is 4.08. The lowest BCUT2D eigenvalue weighted by atomic mass is 9.91. The second-order valence-corrected chi connectivity index (χ2v) is 6.51. The fraction of sp³-hybridized carbons (Fsp3) is 0.368. The van der Waals surface area contributed by atoms with Gasteiger partial charge in [-0.15, -0.1) is 0 Å². The molecule has 0 spiro atoms. The van der Waals surface area contributed by atoms with Crippen molar-refractivity contribution in [2.45, 2.75) is 25.8 Å². The summed E-state index contributed by atoms with van der Waals surface area (Å²) in [5.41, 5.74) is 2.49. The van der Waals surface area contributed by atoms with Crippen molar-refractivity contribution in [1.29, 1.82) is 0 Å². The molecule has 4 rings (SSSR count). The molecule has 2 aromatic heterocycles. The Bertz CT molecular complexity index is 829. The maximum Gasteiger partial charge on any atom is 0.263 e. The van der Waals surface area contributed by atoms with E-state index in [9.17, 15) is 4.79 Å². The van der Waals surface area contributed by atoms with Crippen LogP contribution in [0.2, 0.25) is 0 Å². The first-order chi connectivity index (χ1) is 11.7. The molecule has 1 saturated heterocycles. The van der Waals surface area contributed by atoms with Crippen LogP contribution in [-0.4, -0.2) is 33.7 Å². The number of ketones is 1. The van der Waals surface area contributed by atoms with Gasteiger partial charge in [-0.3, -0.25) is 9.69 Å². The number of carbonyl (C=O) groups excluding carboxylic acids is 1. The van der Waals surface area contributed by atoms with Crippen LogP contribution in [0.1, 0.15) is 42.1 Å². The number of fused-ring (bicyclic) bond motifs is 1. The van der Waals surface area contributed by atoms with E-state index in [1.54, 1.807) is 0 Å². The van der Waals surface area contributed by atoms with Gasteiger partial charge >= 0.3 is 0 Å². The highest BCUT2D eigenvalue weighted by Crippen LogP contribution is 2.29. The van der Waals surface area contributed by atoms with Crippen LogP contribution in [0.25, 0.3) is 10.9 Å². The van der Waals surface area contributed by atoms with Gasteiger partial charge in [0.15, 0.2) is 0 Å². The van der Waals surface area contributed by atoms with Gasteiger partial charge in [0.2, 0.25) is 5.78 Å². The largest absolute Gasteiger partial charge is 0.442 e. The molecular weight excluding hydrogens is 302 g/mol. The zero-order valence-electron chi connectivity index (χ0n) is 13.7. The van der Waals surface area contributed by atoms with E-state index in [1.807, 2.05) is 6.20 Å². The quantitative estimate of drug-likeness (QED) is 0.742. The third-order valence-electron chi connectivity index (χ3n) is 5.15. The predicted octanol–water partition coefficient (Wildman–Crippen LogP) is 3.81. The molecule has 0 amide bonds. The maximum atomic E-state index is 12.3. The van der Waals surface area contributed by atoms with Crippen molar-refractivity contribution in [3.63, 3.8) is 0 Å². The molecule has 1 fully saturated rings. The van der Waals surface area contributed by atoms with Gasteiger partial charge in [-0.1, -0.05) is 6.07 Å². The first kappa shape index (κ1) is 15.1. The molecule has 1 aliphatic rings. The van der Waals surface area contributed by atoms with E-state index in [4.69, 9.17) is 4.42 Å². The standard InChI is InChI=1S/C19H21N3O2/c1-13(15-2-3-17-16(12-15)4-7-20-17)22-9-5-14(6-10-22)18(23)19-21-8-11-24-19/h2-4,7-8,11-14,20H,5-6,9-10H2,1H3. The third-order valence-corrected chi connectivity index (χ3v) is 5.15. The van der Waals surface area contributed by atoms with Crippen LogP contribution in [0.5, 0.6) is 0 Å². The lowest BCUT2D eigenvalue weighted by Gasteiger charge is -2.35. The van der Waals surface area contributed by atoms with Crippen molar-refractivity contribution in [2.75, 3.05) is 13.1 Å². The number of aromatic nitrogens is 2. The van der Waals surface area contributed by atoms with Crippen molar-refractivity contribution in [3.8, 4) is 0 Å². The maximum absolute atomic E-state index is 12.3. The number of nitrogens with one attached hydrogen (secondary N) is 1. The topological polar surface area (TPSA) is 62.1 Å². The predicted molar refractivity (Wildman–Crippen MR) is 91.8 cm³/mol. The Kier molecular flexibility index (Phi) is 3.94. The molecule has 1 aliphatic heterocycles. The number of oxazole rings is 1. The molecule has 124 valence electrons. The Morgan fingerprint density at radius 1 is 1.33 bits per heavy atom. The minimum Gasteiger partial charge on any atom is -0.442 e. The molecule has 0 radical (unpaired) electrons. The number of aromatic amines is 1. The van der Waals surface area contributed by atoms with Crippen LogP contribution < -0.4 is 0 Å². The van der Waals surface area contributed by atoms with Gasteiger partial charge in [-0.05, 0) is 62.0 Å². The molecule has 1 unspecified atom stereocenters. The zero-order valence-corrected chi connectivity index (χ0v) is 13.7. The molecule has 1 aromatic carbocycles. The molecule has 24 heavy (non-hydrogen) atoms. The Hall–Kier alpha value is -2.40. The second kappa shape index (κ2) is 6.24. The summed E-state index contributed by atoms with van der Waals surface area (Å²) < 4.78 is 5.15. The summed E-state index contributed by atoms with van der Waals surface area (Å²) in [6.07, 6.45) is 6.68. The van der Waals surface area contributed by atoms with E-state index >= 15 is 0 Å². The Morgan fingerprint density at radius 2 is 2.17 bits per heavy atom. The molecule has 1 atom stereocenters. The zero-order chi connectivity index (χ0) is 16.5. The van der Waals surface area contributed by atoms with Crippen LogP contribution in [0.4, 0.5) is 0 Å². The SMILES string of the molecule is CC(c1ccc2[nH]ccc2c1)N1CCC(C(=O)c2ncco2)CC1. The second-order valence-electron chi connectivity index (χ2n) is 6.51. The van der Waals surface area contributed by atoms with E-state index in [-0.39, 0.29) is 17.6 Å². The van der Waals surface area contributed by atoms with Crippen molar-refractivity contribution in [3.05, 3.63) is 54.4 Å². The van der Waals surface area contributed by atoms with E-state index in [1.165, 1.54) is 28.9 Å². The average Bonchev–Trinajstić information content (AvgIpc) is 3.31. The summed E-state index contributed by atoms with van der Waals surface area (Å²) in [5.74, 6) is 0.319. The molecule has 5 heteroatoms. The van der Waals surface area contributed by atoms with Crippen LogP contribution in [0, 0.1) is 5.92 Å². The molecule has 0 saturated carbocycles. The Morgan fingerprint density at radius 3 is 2.92 bits per heavy atom. The minimum absolute atomic E-state index is 0.0271. The number of rotatable bonds is 4. The van der Waals surface area contributed by atoms with Gasteiger partial charge in [-0.25, -0.2) is 4.98 Å². The molecular formula is C19H21N3O2. The lowest BCUT2D eigenvalue weighted by Crippen LogP contribution is -2.38. The number of carbonyl (C=O) groups is 1. The number of H-pyrrole nitrogens is 1. The fourth-order valence-electron chi connectivity index (χ4n) is 3.61. The summed E-state index contributed by atoms with van der Waals surface area (Å²) in [4.78, 5) is 22.0. The first-order valence-electron chi connectivity index (χ1n) is 8.47. The normalized spacial score (nSPS) is 18.0. The van der Waals surface area contributed by atoms with Crippen LogP contribution in [0.15, 0.2) is 47.3 Å². The Labute approximate surface area is 140 Å². The third kappa shape index (κ3) is 2.76. The van der Waals surface area contributed by atoms with Gasteiger partial charge in [0.25, 0.3) is 5.89 Å². The number of Topliss-reactive ketones (excluding diaryl/α,β-unsaturated/α-hetero) is 1. The van der Waals surface area contributed by atoms with Crippen LogP contribution in [0.3, 0.4) is 0 Å². The molecule has 0 aliphatic carbocycles. The van der Waals surface area contributed by atoms with E-state index in [2.05, 4.69) is 46.1 Å². The average molecular weight is 323 g/mol. The van der Waals surface area contributed by atoms with E-state index in [0.29, 0.717) is 6.04 Å². The van der Waals surface area contributed by atoms with Crippen molar-refractivity contribution in [1.82, 2.24) is 14.9 Å². The van der Waals surface area contributed by atoms with Crippen LogP contribution in [-0.2, 0) is 0 Å².